The first kappa shape index (κ1) is 25.1. The number of hydrogen-bond donors (Lipinski definition) is 1. The summed E-state index contributed by atoms with van der Waals surface area (Å²) in [5.41, 5.74) is 17.0. The Balaban J connectivity index is 3.72. The molecule has 0 heterocycles. The predicted octanol–water partition coefficient (Wildman–Crippen LogP) is 4.32. The van der Waals surface area contributed by atoms with Gasteiger partial charge >= 0.3 is 0 Å². The van der Waals surface area contributed by atoms with Crippen LogP contribution in [0.15, 0.2) is 10.2 Å². The lowest BCUT2D eigenvalue weighted by Gasteiger charge is -2.09. The standard InChI is InChI=1S/C10H19N6O3S6/c11-15-13-9(1-3-20-17)7-23-21-4-5-22-24-8-10(14-16-12)2-6-25(18)19/h9-10H,1-8H2,(H,18,19)/t9-,10-/m1/s1. The van der Waals surface area contributed by atoms with E-state index in [4.69, 9.17) is 15.6 Å². The molecule has 0 bridgehead atoms. The van der Waals surface area contributed by atoms with Crippen LogP contribution in [0.5, 0.6) is 0 Å². The molecule has 0 aliphatic heterocycles. The number of rotatable bonds is 17. The van der Waals surface area contributed by atoms with Crippen LogP contribution in [0.3, 0.4) is 0 Å². The molecule has 25 heavy (non-hydrogen) atoms. The fourth-order valence-corrected chi connectivity index (χ4v) is 7.40. The van der Waals surface area contributed by atoms with Gasteiger partial charge in [-0.15, -0.1) is 0 Å². The molecule has 143 valence electrons. The van der Waals surface area contributed by atoms with Crippen LogP contribution in [0.2, 0.25) is 0 Å². The zero-order valence-corrected chi connectivity index (χ0v) is 18.1. The summed E-state index contributed by atoms with van der Waals surface area (Å²) in [5, 5.41) is 7.31. The third-order valence-corrected chi connectivity index (χ3v) is 8.71. The molecule has 0 aliphatic carbocycles. The molecule has 9 nitrogen and oxygen atoms in total. The maximum Gasteiger partial charge on any atom is 0.152 e. The van der Waals surface area contributed by atoms with Crippen LogP contribution in [0, 0.1) is 0 Å². The smallest absolute Gasteiger partial charge is 0.152 e. The van der Waals surface area contributed by atoms with Gasteiger partial charge in [-0.1, -0.05) is 53.4 Å². The van der Waals surface area contributed by atoms with Crippen molar-refractivity contribution < 1.29 is 13.0 Å². The number of azide groups is 2. The lowest BCUT2D eigenvalue weighted by molar-refractivity contribution is 0.557. The Morgan fingerprint density at radius 1 is 0.920 bits per heavy atom. The second-order valence-corrected chi connectivity index (χ2v) is 11.3. The molecule has 0 spiro atoms. The molecule has 0 fully saturated rings. The first-order chi connectivity index (χ1) is 12.1. The van der Waals surface area contributed by atoms with Gasteiger partial charge in [-0.2, -0.15) is 0 Å². The third-order valence-electron chi connectivity index (χ3n) is 2.53. The van der Waals surface area contributed by atoms with Gasteiger partial charge in [0.15, 0.2) is 11.1 Å². The molecule has 0 aliphatic rings. The van der Waals surface area contributed by atoms with Gasteiger partial charge in [-0.25, -0.2) is 8.42 Å². The van der Waals surface area contributed by atoms with Gasteiger partial charge in [0.1, 0.15) is 0 Å². The van der Waals surface area contributed by atoms with Crippen molar-refractivity contribution >= 4 is 65.9 Å². The maximum atomic E-state index is 10.6. The van der Waals surface area contributed by atoms with E-state index >= 15 is 0 Å². The van der Waals surface area contributed by atoms with Gasteiger partial charge < -0.3 is 4.55 Å². The van der Waals surface area contributed by atoms with Crippen LogP contribution in [-0.2, 0) is 22.7 Å². The van der Waals surface area contributed by atoms with E-state index in [0.29, 0.717) is 41.8 Å². The Morgan fingerprint density at radius 2 is 1.44 bits per heavy atom. The third kappa shape index (κ3) is 17.3. The summed E-state index contributed by atoms with van der Waals surface area (Å²) >= 11 is -1.36. The van der Waals surface area contributed by atoms with Gasteiger partial charge in [0, 0.05) is 56.4 Å². The average molecular weight is 464 g/mol. The fraction of sp³-hybridized carbons (Fsp3) is 1.00. The van der Waals surface area contributed by atoms with Crippen LogP contribution in [0.1, 0.15) is 12.8 Å². The predicted molar refractivity (Wildman–Crippen MR) is 114 cm³/mol. The van der Waals surface area contributed by atoms with Crippen LogP contribution >= 0.6 is 43.2 Å². The van der Waals surface area contributed by atoms with Crippen molar-refractivity contribution in [3.05, 3.63) is 20.9 Å². The largest absolute Gasteiger partial charge is 0.306 e. The molecule has 0 rings (SSSR count). The molecule has 0 saturated carbocycles. The molecule has 0 aromatic heterocycles. The topological polar surface area (TPSA) is 152 Å². The summed E-state index contributed by atoms with van der Waals surface area (Å²) in [5.74, 6) is 3.66. The summed E-state index contributed by atoms with van der Waals surface area (Å²) in [6.07, 6.45) is 0.990. The van der Waals surface area contributed by atoms with Crippen LogP contribution in [0.4, 0.5) is 0 Å². The monoisotopic (exact) mass is 463 g/mol. The van der Waals surface area contributed by atoms with E-state index in [1.807, 2.05) is 0 Å². The highest BCUT2D eigenvalue weighted by molar-refractivity contribution is 8.78. The van der Waals surface area contributed by atoms with Crippen LogP contribution in [-0.4, -0.2) is 59.6 Å². The average Bonchev–Trinajstić information content (AvgIpc) is 2.59. The van der Waals surface area contributed by atoms with E-state index in [1.165, 1.54) is 0 Å². The van der Waals surface area contributed by atoms with Crippen LogP contribution in [0.25, 0.3) is 20.9 Å². The normalized spacial score (nSPS) is 14.0. The first-order valence-electron chi connectivity index (χ1n) is 7.03. The zero-order valence-electron chi connectivity index (χ0n) is 13.2. The van der Waals surface area contributed by atoms with Crippen LogP contribution < -0.4 is 0 Å². The Hall–Kier alpha value is 0.150. The minimum absolute atomic E-state index is 0.110. The van der Waals surface area contributed by atoms with Crippen molar-refractivity contribution in [3.63, 3.8) is 0 Å². The molecule has 1 N–H and O–H groups in total. The minimum atomic E-state index is -1.86. The molecule has 15 heteroatoms. The molecule has 1 radical (unpaired) electrons. The van der Waals surface area contributed by atoms with Gasteiger partial charge in [0.25, 0.3) is 0 Å². The van der Waals surface area contributed by atoms with Crippen molar-refractivity contribution in [2.75, 3.05) is 34.5 Å². The highest BCUT2D eigenvalue weighted by Gasteiger charge is 2.09. The molecule has 0 aromatic carbocycles. The van der Waals surface area contributed by atoms with E-state index in [0.717, 1.165) is 11.5 Å². The fourth-order valence-electron chi connectivity index (χ4n) is 1.36. The van der Waals surface area contributed by atoms with E-state index in [9.17, 15) is 8.42 Å². The summed E-state index contributed by atoms with van der Waals surface area (Å²) in [6, 6.07) is -0.420. The van der Waals surface area contributed by atoms with E-state index in [-0.39, 0.29) is 17.8 Å². The Labute approximate surface area is 168 Å². The highest BCUT2D eigenvalue weighted by Crippen LogP contribution is 2.29. The van der Waals surface area contributed by atoms with Crippen molar-refractivity contribution in [1.82, 2.24) is 0 Å². The van der Waals surface area contributed by atoms with Gasteiger partial charge in [-0.05, 0) is 23.9 Å². The lowest BCUT2D eigenvalue weighted by atomic mass is 10.3. The quantitative estimate of drug-likeness (QED) is 0.0841. The van der Waals surface area contributed by atoms with Gasteiger partial charge in [-0.3, -0.25) is 0 Å². The molecular weight excluding hydrogens is 445 g/mol. The number of hydrogen-bond acceptors (Lipinski definition) is 8. The molecule has 0 amide bonds. The SMILES string of the molecule is [N-]=[N+]=N[C@H](CC[S]=O)CSSCCSSC[C@@H](CCS(=O)O)N=[N+]=[N-]. The van der Waals surface area contributed by atoms with E-state index < -0.39 is 11.1 Å². The van der Waals surface area contributed by atoms with E-state index in [2.05, 4.69) is 20.1 Å². The Morgan fingerprint density at radius 3 is 1.88 bits per heavy atom. The van der Waals surface area contributed by atoms with Crippen molar-refractivity contribution in [2.45, 2.75) is 24.9 Å². The first-order valence-corrected chi connectivity index (χ1v) is 14.2. The molecule has 3 atom stereocenters. The van der Waals surface area contributed by atoms with E-state index in [1.54, 1.807) is 43.2 Å². The minimum Gasteiger partial charge on any atom is -0.306 e. The zero-order chi connectivity index (χ0) is 18.8. The molecule has 0 saturated heterocycles. The van der Waals surface area contributed by atoms with Gasteiger partial charge in [0.05, 0.1) is 11.7 Å². The van der Waals surface area contributed by atoms with Crippen molar-refractivity contribution in [2.24, 2.45) is 10.2 Å². The molecule has 1 unspecified atom stereocenters. The lowest BCUT2D eigenvalue weighted by Crippen LogP contribution is -2.11. The van der Waals surface area contributed by atoms with Crippen molar-refractivity contribution in [1.29, 1.82) is 0 Å². The van der Waals surface area contributed by atoms with Gasteiger partial charge in [0.2, 0.25) is 0 Å². The Kier molecular flexibility index (Phi) is 19.0. The second kappa shape index (κ2) is 18.9. The Bertz CT molecular complexity index is 488. The summed E-state index contributed by atoms with van der Waals surface area (Å²) < 4.78 is 29.8. The highest BCUT2D eigenvalue weighted by atomic mass is 33.1. The second-order valence-electron chi connectivity index (χ2n) is 4.36. The molecule has 0 aromatic rings. The summed E-state index contributed by atoms with van der Waals surface area (Å²) in [6.45, 7) is 0. The number of nitrogens with zero attached hydrogens (tertiary/aromatic N) is 6. The summed E-state index contributed by atoms with van der Waals surface area (Å²) in [7, 11) is 6.55. The molecular formula is C10H19N6O3S6. The summed E-state index contributed by atoms with van der Waals surface area (Å²) in [4.78, 5) is 5.57. The maximum absolute atomic E-state index is 10.6. The van der Waals surface area contributed by atoms with Crippen molar-refractivity contribution in [3.8, 4) is 0 Å².